The van der Waals surface area contributed by atoms with E-state index >= 15 is 0 Å². The Hall–Kier alpha value is -2.15. The zero-order chi connectivity index (χ0) is 17.2. The standard InChI is InChI=1S/C17H11Cl2N5S/c18-12-4-1-3-11(7-12)9-25-17-15-16(20-10-21-17)24(23-22-15)14-6-2-5-13(19)8-14/h1-8,10H,9H2. The molecule has 0 aliphatic rings. The van der Waals surface area contributed by atoms with Crippen molar-refractivity contribution in [3.63, 3.8) is 0 Å². The van der Waals surface area contributed by atoms with Gasteiger partial charge in [0, 0.05) is 15.8 Å². The van der Waals surface area contributed by atoms with Gasteiger partial charge in [-0.3, -0.25) is 0 Å². The van der Waals surface area contributed by atoms with Crippen molar-refractivity contribution in [1.29, 1.82) is 0 Å². The first-order valence-corrected chi connectivity index (χ1v) is 9.14. The molecule has 2 aromatic carbocycles. The molecular weight excluding hydrogens is 377 g/mol. The Morgan fingerprint density at radius 3 is 2.56 bits per heavy atom. The number of halogens is 2. The van der Waals surface area contributed by atoms with E-state index in [9.17, 15) is 0 Å². The van der Waals surface area contributed by atoms with Gasteiger partial charge in [-0.1, -0.05) is 58.4 Å². The number of fused-ring (bicyclic) bond motifs is 1. The molecule has 0 saturated heterocycles. The van der Waals surface area contributed by atoms with Crippen LogP contribution in [0.5, 0.6) is 0 Å². The van der Waals surface area contributed by atoms with Gasteiger partial charge in [0.1, 0.15) is 11.4 Å². The van der Waals surface area contributed by atoms with E-state index < -0.39 is 0 Å². The van der Waals surface area contributed by atoms with Crippen LogP contribution in [-0.4, -0.2) is 25.0 Å². The first-order chi connectivity index (χ1) is 12.2. The maximum absolute atomic E-state index is 6.07. The van der Waals surface area contributed by atoms with Crippen molar-refractivity contribution in [3.8, 4) is 5.69 Å². The minimum Gasteiger partial charge on any atom is -0.227 e. The van der Waals surface area contributed by atoms with Crippen molar-refractivity contribution < 1.29 is 0 Å². The summed E-state index contributed by atoms with van der Waals surface area (Å²) in [5.74, 6) is 0.733. The number of aromatic nitrogens is 5. The number of hydrogen-bond acceptors (Lipinski definition) is 5. The fraction of sp³-hybridized carbons (Fsp3) is 0.0588. The third kappa shape index (κ3) is 3.46. The summed E-state index contributed by atoms with van der Waals surface area (Å²) in [4.78, 5) is 8.67. The Labute approximate surface area is 158 Å². The lowest BCUT2D eigenvalue weighted by molar-refractivity contribution is 0.817. The van der Waals surface area contributed by atoms with Crippen molar-refractivity contribution in [3.05, 3.63) is 70.5 Å². The summed E-state index contributed by atoms with van der Waals surface area (Å²) in [5.41, 5.74) is 3.23. The average molecular weight is 388 g/mol. The SMILES string of the molecule is Clc1cccc(CSc2ncnc3c2nnn3-c2cccc(Cl)c2)c1. The average Bonchev–Trinajstić information content (AvgIpc) is 3.05. The van der Waals surface area contributed by atoms with E-state index in [1.165, 1.54) is 6.33 Å². The Morgan fingerprint density at radius 2 is 1.76 bits per heavy atom. The highest BCUT2D eigenvalue weighted by molar-refractivity contribution is 7.98. The molecule has 0 radical (unpaired) electrons. The molecule has 0 fully saturated rings. The summed E-state index contributed by atoms with van der Waals surface area (Å²) in [6.45, 7) is 0. The third-order valence-corrected chi connectivity index (χ3v) is 5.04. The van der Waals surface area contributed by atoms with E-state index in [1.807, 2.05) is 48.5 Å². The van der Waals surface area contributed by atoms with E-state index in [0.29, 0.717) is 16.2 Å². The second kappa shape index (κ2) is 7.00. The van der Waals surface area contributed by atoms with Gasteiger partial charge in [0.25, 0.3) is 0 Å². The molecule has 8 heteroatoms. The number of hydrogen-bond donors (Lipinski definition) is 0. The van der Waals surface area contributed by atoms with Gasteiger partial charge in [-0.25, -0.2) is 9.97 Å². The highest BCUT2D eigenvalue weighted by atomic mass is 35.5. The van der Waals surface area contributed by atoms with Crippen molar-refractivity contribution in [2.75, 3.05) is 0 Å². The molecule has 25 heavy (non-hydrogen) atoms. The quantitative estimate of drug-likeness (QED) is 0.371. The van der Waals surface area contributed by atoms with Gasteiger partial charge in [-0.05, 0) is 35.9 Å². The van der Waals surface area contributed by atoms with E-state index in [1.54, 1.807) is 16.4 Å². The molecule has 0 amide bonds. The normalized spacial score (nSPS) is 11.1. The molecule has 124 valence electrons. The predicted octanol–water partition coefficient (Wildman–Crippen LogP) is 4.81. The second-order valence-electron chi connectivity index (χ2n) is 5.25. The number of rotatable bonds is 4. The molecule has 0 bridgehead atoms. The fourth-order valence-corrected chi connectivity index (χ4v) is 3.66. The molecule has 5 nitrogen and oxygen atoms in total. The van der Waals surface area contributed by atoms with Crippen LogP contribution in [0.1, 0.15) is 5.56 Å². The monoisotopic (exact) mass is 387 g/mol. The zero-order valence-electron chi connectivity index (χ0n) is 12.8. The Morgan fingerprint density at radius 1 is 0.960 bits per heavy atom. The molecule has 2 aromatic heterocycles. The maximum Gasteiger partial charge on any atom is 0.187 e. The van der Waals surface area contributed by atoms with Gasteiger partial charge in [-0.2, -0.15) is 4.68 Å². The molecule has 0 atom stereocenters. The minimum absolute atomic E-state index is 0.630. The van der Waals surface area contributed by atoms with Crippen molar-refractivity contribution in [2.24, 2.45) is 0 Å². The topological polar surface area (TPSA) is 56.5 Å². The van der Waals surface area contributed by atoms with Crippen molar-refractivity contribution >= 4 is 46.1 Å². The van der Waals surface area contributed by atoms with E-state index in [-0.39, 0.29) is 0 Å². The summed E-state index contributed by atoms with van der Waals surface area (Å²) < 4.78 is 1.66. The Bertz CT molecular complexity index is 1050. The molecule has 0 aliphatic carbocycles. The first kappa shape index (κ1) is 16.3. The molecule has 4 aromatic rings. The van der Waals surface area contributed by atoms with Crippen molar-refractivity contribution in [1.82, 2.24) is 25.0 Å². The zero-order valence-corrected chi connectivity index (χ0v) is 15.1. The maximum atomic E-state index is 6.07. The van der Waals surface area contributed by atoms with Crippen LogP contribution in [0.3, 0.4) is 0 Å². The van der Waals surface area contributed by atoms with Crippen LogP contribution in [-0.2, 0) is 5.75 Å². The fourth-order valence-electron chi connectivity index (χ4n) is 2.39. The Kier molecular flexibility index (Phi) is 4.57. The summed E-state index contributed by atoms with van der Waals surface area (Å²) in [6.07, 6.45) is 1.52. The third-order valence-electron chi connectivity index (χ3n) is 3.52. The van der Waals surface area contributed by atoms with Crippen LogP contribution in [0, 0.1) is 0 Å². The van der Waals surface area contributed by atoms with Crippen LogP contribution in [0.4, 0.5) is 0 Å². The van der Waals surface area contributed by atoms with E-state index in [2.05, 4.69) is 20.3 Å². The minimum atomic E-state index is 0.630. The van der Waals surface area contributed by atoms with Crippen LogP contribution in [0.15, 0.2) is 59.9 Å². The Balaban J connectivity index is 1.67. The lowest BCUT2D eigenvalue weighted by atomic mass is 10.2. The smallest absolute Gasteiger partial charge is 0.187 e. The van der Waals surface area contributed by atoms with Crippen LogP contribution >= 0.6 is 35.0 Å². The molecule has 0 N–H and O–H groups in total. The highest BCUT2D eigenvalue weighted by Gasteiger charge is 2.13. The molecule has 4 rings (SSSR count). The van der Waals surface area contributed by atoms with Gasteiger partial charge < -0.3 is 0 Å². The van der Waals surface area contributed by atoms with Gasteiger partial charge >= 0.3 is 0 Å². The van der Waals surface area contributed by atoms with E-state index in [0.717, 1.165) is 27.1 Å². The lowest BCUT2D eigenvalue weighted by Gasteiger charge is -2.04. The molecule has 0 saturated carbocycles. The molecule has 2 heterocycles. The van der Waals surface area contributed by atoms with Gasteiger partial charge in [0.15, 0.2) is 11.2 Å². The number of benzene rings is 2. The molecule has 0 aliphatic heterocycles. The number of thioether (sulfide) groups is 1. The lowest BCUT2D eigenvalue weighted by Crippen LogP contribution is -1.98. The first-order valence-electron chi connectivity index (χ1n) is 7.40. The second-order valence-corrected chi connectivity index (χ2v) is 7.09. The summed E-state index contributed by atoms with van der Waals surface area (Å²) >= 11 is 13.7. The van der Waals surface area contributed by atoms with Gasteiger partial charge in [-0.15, -0.1) is 5.10 Å². The molecule has 0 spiro atoms. The van der Waals surface area contributed by atoms with Crippen LogP contribution in [0.25, 0.3) is 16.9 Å². The summed E-state index contributed by atoms with van der Waals surface area (Å²) in [5, 5.41) is 10.6. The van der Waals surface area contributed by atoms with Crippen molar-refractivity contribution in [2.45, 2.75) is 10.8 Å². The molecule has 0 unspecified atom stereocenters. The number of nitrogens with zero attached hydrogens (tertiary/aromatic N) is 5. The van der Waals surface area contributed by atoms with Gasteiger partial charge in [0.05, 0.1) is 5.69 Å². The van der Waals surface area contributed by atoms with E-state index in [4.69, 9.17) is 23.2 Å². The molecular formula is C17H11Cl2N5S. The summed E-state index contributed by atoms with van der Waals surface area (Å²) in [7, 11) is 0. The largest absolute Gasteiger partial charge is 0.227 e. The summed E-state index contributed by atoms with van der Waals surface area (Å²) in [6, 6.07) is 15.2. The highest BCUT2D eigenvalue weighted by Crippen LogP contribution is 2.27. The predicted molar refractivity (Wildman–Crippen MR) is 100 cm³/mol. The van der Waals surface area contributed by atoms with Gasteiger partial charge in [0.2, 0.25) is 0 Å². The van der Waals surface area contributed by atoms with Crippen LogP contribution < -0.4 is 0 Å². The van der Waals surface area contributed by atoms with Crippen LogP contribution in [0.2, 0.25) is 10.0 Å².